The predicted molar refractivity (Wildman–Crippen MR) is 111 cm³/mol. The third kappa shape index (κ3) is 3.40. The summed E-state index contributed by atoms with van der Waals surface area (Å²) >= 11 is 6.52. The lowest BCUT2D eigenvalue weighted by atomic mass is 9.74. The zero-order chi connectivity index (χ0) is 20.7. The Kier molecular flexibility index (Phi) is 4.83. The van der Waals surface area contributed by atoms with Gasteiger partial charge in [0, 0.05) is 12.1 Å². The number of nitrogens with zero attached hydrogens (tertiary/aromatic N) is 2. The number of fused-ring (bicyclic) bond motifs is 4. The van der Waals surface area contributed by atoms with E-state index in [-0.39, 0.29) is 11.8 Å². The molecule has 1 saturated carbocycles. The molecular formula is C21H21ClFN5O2. The van der Waals surface area contributed by atoms with Crippen molar-refractivity contribution in [1.82, 2.24) is 20.6 Å². The van der Waals surface area contributed by atoms with Crippen molar-refractivity contribution in [2.75, 3.05) is 5.32 Å². The number of oxazole rings is 1. The van der Waals surface area contributed by atoms with Gasteiger partial charge in [-0.3, -0.25) is 4.98 Å². The molecule has 2 aromatic heterocycles. The van der Waals surface area contributed by atoms with Crippen LogP contribution in [-0.2, 0) is 18.6 Å². The molecule has 1 fully saturated rings. The van der Waals surface area contributed by atoms with Gasteiger partial charge in [0.1, 0.15) is 11.3 Å². The molecule has 0 saturated heterocycles. The first kappa shape index (κ1) is 19.3. The molecular weight excluding hydrogens is 409 g/mol. The SMILES string of the molecule is O=C1Nc2c(Cl)cc3nc(CNCc4ccc(F)cn4)oc3c2C2(CCCCC2)N1. The van der Waals surface area contributed by atoms with Gasteiger partial charge in [-0.25, -0.2) is 14.2 Å². The number of rotatable bonds is 4. The molecule has 2 amide bonds. The van der Waals surface area contributed by atoms with Gasteiger partial charge in [-0.15, -0.1) is 0 Å². The van der Waals surface area contributed by atoms with Crippen LogP contribution in [0.4, 0.5) is 14.9 Å². The van der Waals surface area contributed by atoms with E-state index in [0.29, 0.717) is 40.8 Å². The average Bonchev–Trinajstić information content (AvgIpc) is 3.12. The molecule has 0 unspecified atom stereocenters. The second kappa shape index (κ2) is 7.52. The maximum atomic E-state index is 13.0. The van der Waals surface area contributed by atoms with Gasteiger partial charge in [-0.2, -0.15) is 0 Å². The van der Waals surface area contributed by atoms with Crippen LogP contribution >= 0.6 is 11.6 Å². The number of anilines is 1. The van der Waals surface area contributed by atoms with Crippen LogP contribution < -0.4 is 16.0 Å². The van der Waals surface area contributed by atoms with E-state index < -0.39 is 5.54 Å². The first-order chi connectivity index (χ1) is 14.5. The molecule has 1 aliphatic carbocycles. The topological polar surface area (TPSA) is 92.1 Å². The molecule has 9 heteroatoms. The van der Waals surface area contributed by atoms with Crippen LogP contribution in [0.2, 0.25) is 5.02 Å². The summed E-state index contributed by atoms with van der Waals surface area (Å²) < 4.78 is 19.1. The minimum atomic E-state index is -0.485. The molecule has 0 bridgehead atoms. The van der Waals surface area contributed by atoms with Crippen LogP contribution in [0.25, 0.3) is 11.1 Å². The normalized spacial score (nSPS) is 17.6. The highest BCUT2D eigenvalue weighted by atomic mass is 35.5. The standard InChI is InChI=1S/C21H21ClFN5O2/c22-14-8-15-19(17-18(14)27-20(29)28-21(17)6-2-1-3-7-21)30-16(26-15)11-24-10-13-5-4-12(23)9-25-13/h4-5,8-9,24H,1-3,6-7,10-11H2,(H2,27,28,29). The number of aromatic nitrogens is 2. The number of hydrogen-bond acceptors (Lipinski definition) is 5. The largest absolute Gasteiger partial charge is 0.439 e. The Bertz CT molecular complexity index is 1110. The molecule has 1 spiro atoms. The number of nitrogens with one attached hydrogen (secondary N) is 3. The van der Waals surface area contributed by atoms with Crippen LogP contribution in [0.3, 0.4) is 0 Å². The van der Waals surface area contributed by atoms with E-state index in [1.54, 1.807) is 12.1 Å². The number of pyridine rings is 1. The highest BCUT2D eigenvalue weighted by molar-refractivity contribution is 6.35. The number of urea groups is 1. The fourth-order valence-electron chi connectivity index (χ4n) is 4.50. The van der Waals surface area contributed by atoms with Gasteiger partial charge in [0.15, 0.2) is 5.58 Å². The molecule has 30 heavy (non-hydrogen) atoms. The van der Waals surface area contributed by atoms with Gasteiger partial charge < -0.3 is 20.4 Å². The van der Waals surface area contributed by atoms with Crippen molar-refractivity contribution in [3.05, 3.63) is 52.4 Å². The summed E-state index contributed by atoms with van der Waals surface area (Å²) in [6.45, 7) is 0.840. The molecule has 7 nitrogen and oxygen atoms in total. The Morgan fingerprint density at radius 3 is 2.83 bits per heavy atom. The van der Waals surface area contributed by atoms with Gasteiger partial charge in [0.05, 0.1) is 34.7 Å². The van der Waals surface area contributed by atoms with Gasteiger partial charge in [-0.05, 0) is 31.0 Å². The molecule has 1 aliphatic heterocycles. The van der Waals surface area contributed by atoms with E-state index in [1.807, 2.05) is 0 Å². The van der Waals surface area contributed by atoms with Crippen molar-refractivity contribution < 1.29 is 13.6 Å². The Morgan fingerprint density at radius 1 is 1.23 bits per heavy atom. The lowest BCUT2D eigenvalue weighted by Gasteiger charge is -2.42. The molecule has 2 aliphatic rings. The lowest BCUT2D eigenvalue weighted by Crippen LogP contribution is -2.52. The second-order valence-electron chi connectivity index (χ2n) is 7.86. The summed E-state index contributed by atoms with van der Waals surface area (Å²) in [6.07, 6.45) is 6.07. The Morgan fingerprint density at radius 2 is 2.07 bits per heavy atom. The molecule has 1 aromatic carbocycles. The zero-order valence-electron chi connectivity index (χ0n) is 16.2. The minimum absolute atomic E-state index is 0.237. The Balaban J connectivity index is 1.46. The fourth-order valence-corrected chi connectivity index (χ4v) is 4.74. The number of amides is 2. The maximum Gasteiger partial charge on any atom is 0.319 e. The number of hydrogen-bond donors (Lipinski definition) is 3. The van der Waals surface area contributed by atoms with Crippen molar-refractivity contribution >= 4 is 34.4 Å². The van der Waals surface area contributed by atoms with Crippen LogP contribution in [0.15, 0.2) is 28.8 Å². The summed E-state index contributed by atoms with van der Waals surface area (Å²) in [4.78, 5) is 20.9. The van der Waals surface area contributed by atoms with Crippen LogP contribution in [0, 0.1) is 5.82 Å². The average molecular weight is 430 g/mol. The molecule has 156 valence electrons. The van der Waals surface area contributed by atoms with E-state index in [2.05, 4.69) is 25.9 Å². The number of carbonyl (C=O) groups is 1. The van der Waals surface area contributed by atoms with E-state index in [1.165, 1.54) is 12.3 Å². The third-order valence-corrected chi connectivity index (χ3v) is 6.12. The number of carbonyl (C=O) groups excluding carboxylic acids is 1. The molecule has 0 radical (unpaired) electrons. The molecule has 3 heterocycles. The van der Waals surface area contributed by atoms with Crippen molar-refractivity contribution in [2.24, 2.45) is 0 Å². The zero-order valence-corrected chi connectivity index (χ0v) is 17.0. The third-order valence-electron chi connectivity index (χ3n) is 5.82. The lowest BCUT2D eigenvalue weighted by molar-refractivity contribution is 0.209. The fraction of sp³-hybridized carbons (Fsp3) is 0.381. The van der Waals surface area contributed by atoms with Crippen LogP contribution in [0.5, 0.6) is 0 Å². The Labute approximate surface area is 177 Å². The monoisotopic (exact) mass is 429 g/mol. The highest BCUT2D eigenvalue weighted by Gasteiger charge is 2.44. The molecule has 0 atom stereocenters. The molecule has 5 rings (SSSR count). The van der Waals surface area contributed by atoms with Crippen molar-refractivity contribution in [3.8, 4) is 0 Å². The minimum Gasteiger partial charge on any atom is -0.439 e. The highest BCUT2D eigenvalue weighted by Crippen LogP contribution is 2.48. The van der Waals surface area contributed by atoms with Crippen LogP contribution in [-0.4, -0.2) is 16.0 Å². The smallest absolute Gasteiger partial charge is 0.319 e. The number of halogens is 2. The quantitative estimate of drug-likeness (QED) is 0.563. The first-order valence-corrected chi connectivity index (χ1v) is 10.4. The van der Waals surface area contributed by atoms with E-state index in [9.17, 15) is 9.18 Å². The van der Waals surface area contributed by atoms with Crippen molar-refractivity contribution in [2.45, 2.75) is 50.7 Å². The molecule has 3 N–H and O–H groups in total. The number of benzene rings is 1. The summed E-state index contributed by atoms with van der Waals surface area (Å²) in [5.41, 5.74) is 3.06. The van der Waals surface area contributed by atoms with E-state index in [0.717, 1.165) is 43.4 Å². The summed E-state index contributed by atoms with van der Waals surface area (Å²) in [5.74, 6) is 0.149. The predicted octanol–water partition coefficient (Wildman–Crippen LogP) is 4.60. The van der Waals surface area contributed by atoms with Gasteiger partial charge in [0.2, 0.25) is 5.89 Å². The second-order valence-corrected chi connectivity index (χ2v) is 8.26. The van der Waals surface area contributed by atoms with E-state index >= 15 is 0 Å². The van der Waals surface area contributed by atoms with Crippen molar-refractivity contribution in [3.63, 3.8) is 0 Å². The molecule has 3 aromatic rings. The van der Waals surface area contributed by atoms with Gasteiger partial charge >= 0.3 is 6.03 Å². The Hall–Kier alpha value is -2.71. The van der Waals surface area contributed by atoms with Crippen molar-refractivity contribution in [1.29, 1.82) is 0 Å². The summed E-state index contributed by atoms with van der Waals surface area (Å²) in [6, 6.07) is 4.50. The van der Waals surface area contributed by atoms with Crippen LogP contribution in [0.1, 0.15) is 49.3 Å². The maximum absolute atomic E-state index is 13.0. The summed E-state index contributed by atoms with van der Waals surface area (Å²) in [5, 5.41) is 9.65. The van der Waals surface area contributed by atoms with Gasteiger partial charge in [-0.1, -0.05) is 30.9 Å². The van der Waals surface area contributed by atoms with E-state index in [4.69, 9.17) is 16.0 Å². The first-order valence-electron chi connectivity index (χ1n) is 10.1. The summed E-state index contributed by atoms with van der Waals surface area (Å²) in [7, 11) is 0. The van der Waals surface area contributed by atoms with Gasteiger partial charge in [0.25, 0.3) is 0 Å².